The van der Waals surface area contributed by atoms with Gasteiger partial charge in [0.25, 0.3) is 5.91 Å². The van der Waals surface area contributed by atoms with E-state index in [1.54, 1.807) is 0 Å². The van der Waals surface area contributed by atoms with Crippen molar-refractivity contribution in [3.63, 3.8) is 0 Å². The number of oxazole rings is 1. The number of fused-ring (bicyclic) bond motifs is 1. The molecular weight excluding hydrogens is 386 g/mol. The molecule has 1 saturated heterocycles. The predicted molar refractivity (Wildman–Crippen MR) is 123 cm³/mol. The fourth-order valence-electron chi connectivity index (χ4n) is 4.23. The topological polar surface area (TPSA) is 49.6 Å². The van der Waals surface area contributed by atoms with Crippen molar-refractivity contribution in [3.05, 3.63) is 84.3 Å². The maximum atomic E-state index is 13.0. The number of hydrogen-bond acceptors (Lipinski definition) is 4. The lowest BCUT2D eigenvalue weighted by atomic mass is 10.0. The highest BCUT2D eigenvalue weighted by atomic mass is 16.3. The summed E-state index contributed by atoms with van der Waals surface area (Å²) >= 11 is 0. The van der Waals surface area contributed by atoms with Gasteiger partial charge in [0.15, 0.2) is 5.58 Å². The molecule has 1 aliphatic heterocycles. The summed E-state index contributed by atoms with van der Waals surface area (Å²) in [5, 5.41) is 0. The van der Waals surface area contributed by atoms with Crippen LogP contribution in [0, 0.1) is 0 Å². The first-order valence-electron chi connectivity index (χ1n) is 10.6. The lowest BCUT2D eigenvalue weighted by Gasteiger charge is -2.22. The summed E-state index contributed by atoms with van der Waals surface area (Å²) in [7, 11) is 4.07. The van der Waals surface area contributed by atoms with Crippen LogP contribution in [0.1, 0.15) is 35.1 Å². The Labute approximate surface area is 181 Å². The van der Waals surface area contributed by atoms with Crippen LogP contribution in [-0.4, -0.2) is 36.4 Å². The molecule has 1 atom stereocenters. The van der Waals surface area contributed by atoms with E-state index in [2.05, 4.69) is 41.3 Å². The van der Waals surface area contributed by atoms with Gasteiger partial charge >= 0.3 is 0 Å². The van der Waals surface area contributed by atoms with Gasteiger partial charge in [-0.15, -0.1) is 0 Å². The molecular formula is C26H25N3O2. The summed E-state index contributed by atoms with van der Waals surface area (Å²) < 4.78 is 6.10. The number of nitrogens with zero attached hydrogens (tertiary/aromatic N) is 3. The number of anilines is 1. The zero-order valence-electron chi connectivity index (χ0n) is 17.8. The van der Waals surface area contributed by atoms with Crippen molar-refractivity contribution in [1.82, 2.24) is 9.88 Å². The minimum absolute atomic E-state index is 0.0343. The molecule has 156 valence electrons. The van der Waals surface area contributed by atoms with Crippen molar-refractivity contribution in [2.45, 2.75) is 18.9 Å². The van der Waals surface area contributed by atoms with Gasteiger partial charge in [0.2, 0.25) is 5.89 Å². The van der Waals surface area contributed by atoms with Crippen LogP contribution in [0.3, 0.4) is 0 Å². The van der Waals surface area contributed by atoms with E-state index in [0.717, 1.165) is 47.3 Å². The van der Waals surface area contributed by atoms with E-state index in [1.165, 1.54) is 0 Å². The fourth-order valence-corrected chi connectivity index (χ4v) is 4.23. The largest absolute Gasteiger partial charge is 0.438 e. The second kappa shape index (κ2) is 7.91. The third kappa shape index (κ3) is 3.67. The zero-order valence-corrected chi connectivity index (χ0v) is 17.8. The summed E-state index contributed by atoms with van der Waals surface area (Å²) in [5.41, 5.74) is 5.68. The van der Waals surface area contributed by atoms with Crippen LogP contribution >= 0.6 is 0 Å². The second-order valence-electron chi connectivity index (χ2n) is 8.20. The van der Waals surface area contributed by atoms with Crippen molar-refractivity contribution >= 4 is 22.7 Å². The van der Waals surface area contributed by atoms with Crippen LogP contribution < -0.4 is 4.90 Å². The van der Waals surface area contributed by atoms with E-state index < -0.39 is 0 Å². The summed E-state index contributed by atoms with van der Waals surface area (Å²) in [6.07, 6.45) is 1.82. The lowest BCUT2D eigenvalue weighted by Crippen LogP contribution is -2.30. The summed E-state index contributed by atoms with van der Waals surface area (Å²) in [6, 6.07) is 23.9. The normalized spacial score (nSPS) is 16.1. The maximum absolute atomic E-state index is 13.0. The monoisotopic (exact) mass is 411 g/mol. The van der Waals surface area contributed by atoms with Gasteiger partial charge in [-0.1, -0.05) is 36.4 Å². The van der Waals surface area contributed by atoms with Crippen LogP contribution in [0.5, 0.6) is 0 Å². The molecule has 0 N–H and O–H groups in total. The fraction of sp³-hybridized carbons (Fsp3) is 0.231. The SMILES string of the molecule is CN(C)c1ccc(-c2ccc3oc(C4CCCN4C(=O)c4ccccc4)nc3c2)cc1. The van der Waals surface area contributed by atoms with E-state index in [1.807, 2.05) is 55.4 Å². The average Bonchev–Trinajstić information content (AvgIpc) is 3.45. The standard InChI is InChI=1S/C26H25N3O2/c1-28(2)21-13-10-18(11-14-21)20-12-15-24-22(17-20)27-25(31-24)23-9-6-16-29(23)26(30)19-7-4-3-5-8-19/h3-5,7-8,10-15,17,23H,6,9,16H2,1-2H3. The van der Waals surface area contributed by atoms with Gasteiger partial charge in [-0.25, -0.2) is 4.98 Å². The number of carbonyl (C=O) groups is 1. The molecule has 2 heterocycles. The van der Waals surface area contributed by atoms with Crippen molar-refractivity contribution in [2.24, 2.45) is 0 Å². The molecule has 0 bridgehead atoms. The van der Waals surface area contributed by atoms with Crippen LogP contribution in [0.15, 0.2) is 77.2 Å². The minimum Gasteiger partial charge on any atom is -0.438 e. The van der Waals surface area contributed by atoms with Crippen molar-refractivity contribution in [2.75, 3.05) is 25.5 Å². The molecule has 1 amide bonds. The van der Waals surface area contributed by atoms with Crippen molar-refractivity contribution < 1.29 is 9.21 Å². The molecule has 1 unspecified atom stereocenters. The van der Waals surface area contributed by atoms with Crippen LogP contribution in [-0.2, 0) is 0 Å². The molecule has 5 heteroatoms. The molecule has 0 aliphatic carbocycles. The maximum Gasteiger partial charge on any atom is 0.254 e. The Hall–Kier alpha value is -3.60. The number of aromatic nitrogens is 1. The molecule has 4 aromatic rings. The number of carbonyl (C=O) groups excluding carboxylic acids is 1. The minimum atomic E-state index is -0.122. The molecule has 0 spiro atoms. The van der Waals surface area contributed by atoms with Gasteiger partial charge in [0.1, 0.15) is 11.6 Å². The first-order chi connectivity index (χ1) is 15.1. The Morgan fingerprint density at radius 1 is 1.00 bits per heavy atom. The third-order valence-corrected chi connectivity index (χ3v) is 5.94. The Balaban J connectivity index is 1.44. The summed E-state index contributed by atoms with van der Waals surface area (Å²) in [6.45, 7) is 0.723. The Morgan fingerprint density at radius 3 is 2.48 bits per heavy atom. The van der Waals surface area contributed by atoms with E-state index in [-0.39, 0.29) is 11.9 Å². The Morgan fingerprint density at radius 2 is 1.74 bits per heavy atom. The molecule has 0 radical (unpaired) electrons. The third-order valence-electron chi connectivity index (χ3n) is 5.94. The highest BCUT2D eigenvalue weighted by molar-refractivity contribution is 5.94. The van der Waals surface area contributed by atoms with Crippen LogP contribution in [0.2, 0.25) is 0 Å². The number of rotatable bonds is 4. The smallest absolute Gasteiger partial charge is 0.254 e. The first kappa shape index (κ1) is 19.4. The van der Waals surface area contributed by atoms with E-state index in [4.69, 9.17) is 9.40 Å². The molecule has 3 aromatic carbocycles. The van der Waals surface area contributed by atoms with E-state index >= 15 is 0 Å². The summed E-state index contributed by atoms with van der Waals surface area (Å²) in [4.78, 5) is 21.8. The van der Waals surface area contributed by atoms with E-state index in [9.17, 15) is 4.79 Å². The van der Waals surface area contributed by atoms with Crippen molar-refractivity contribution in [3.8, 4) is 11.1 Å². The number of amides is 1. The molecule has 1 fully saturated rings. The average molecular weight is 412 g/mol. The number of hydrogen-bond donors (Lipinski definition) is 0. The van der Waals surface area contributed by atoms with Gasteiger partial charge in [0.05, 0.1) is 0 Å². The highest BCUT2D eigenvalue weighted by Crippen LogP contribution is 2.35. The van der Waals surface area contributed by atoms with Crippen LogP contribution in [0.4, 0.5) is 5.69 Å². The van der Waals surface area contributed by atoms with Gasteiger partial charge in [-0.2, -0.15) is 0 Å². The second-order valence-corrected chi connectivity index (χ2v) is 8.20. The van der Waals surface area contributed by atoms with Gasteiger partial charge in [-0.3, -0.25) is 4.79 Å². The highest BCUT2D eigenvalue weighted by Gasteiger charge is 2.34. The zero-order chi connectivity index (χ0) is 21.4. The Bertz CT molecular complexity index is 1210. The van der Waals surface area contributed by atoms with Crippen molar-refractivity contribution in [1.29, 1.82) is 0 Å². The number of benzene rings is 3. The quantitative estimate of drug-likeness (QED) is 0.442. The van der Waals surface area contributed by atoms with Gasteiger partial charge in [-0.05, 0) is 60.4 Å². The number of likely N-dealkylation sites (tertiary alicyclic amines) is 1. The molecule has 5 nitrogen and oxygen atoms in total. The van der Waals surface area contributed by atoms with Gasteiger partial charge in [0, 0.05) is 31.9 Å². The Kier molecular flexibility index (Phi) is 4.94. The van der Waals surface area contributed by atoms with Crippen LogP contribution in [0.25, 0.3) is 22.2 Å². The van der Waals surface area contributed by atoms with Gasteiger partial charge < -0.3 is 14.2 Å². The molecule has 1 aliphatic rings. The predicted octanol–water partition coefficient (Wildman–Crippen LogP) is 5.54. The molecule has 0 saturated carbocycles. The first-order valence-corrected chi connectivity index (χ1v) is 10.6. The van der Waals surface area contributed by atoms with E-state index in [0.29, 0.717) is 11.5 Å². The molecule has 5 rings (SSSR count). The lowest BCUT2D eigenvalue weighted by molar-refractivity contribution is 0.0717. The summed E-state index contributed by atoms with van der Waals surface area (Å²) in [5.74, 6) is 0.656. The molecule has 1 aromatic heterocycles. The molecule has 31 heavy (non-hydrogen) atoms.